The van der Waals surface area contributed by atoms with Gasteiger partial charge in [0, 0.05) is 43.9 Å². The quantitative estimate of drug-likeness (QED) is 0.580. The Morgan fingerprint density at radius 3 is 2.73 bits per heavy atom. The van der Waals surface area contributed by atoms with Crippen molar-refractivity contribution in [3.63, 3.8) is 0 Å². The number of carbonyl (C=O) groups excluding carboxylic acids is 1. The second kappa shape index (κ2) is 8.85. The Hall–Kier alpha value is -2.82. The number of pyridine rings is 1. The molecule has 5 rings (SSSR count). The first-order chi connectivity index (χ1) is 15.9. The van der Waals surface area contributed by atoms with E-state index >= 15 is 0 Å². The fourth-order valence-corrected chi connectivity index (χ4v) is 6.04. The molecule has 1 aromatic carbocycles. The minimum atomic E-state index is -3.68. The van der Waals surface area contributed by atoms with E-state index in [1.807, 2.05) is 40.6 Å². The average molecular weight is 470 g/mol. The number of hydrogen-bond donors (Lipinski definition) is 0. The van der Waals surface area contributed by atoms with Gasteiger partial charge in [-0.05, 0) is 49.6 Å². The molecule has 0 spiro atoms. The predicted octanol–water partition coefficient (Wildman–Crippen LogP) is 2.08. The van der Waals surface area contributed by atoms with Gasteiger partial charge >= 0.3 is 0 Å². The zero-order valence-corrected chi connectivity index (χ0v) is 19.4. The molecule has 0 N–H and O–H groups in total. The minimum absolute atomic E-state index is 0.0701. The largest absolute Gasteiger partial charge is 0.379 e. The summed E-state index contributed by atoms with van der Waals surface area (Å²) < 4.78 is 34.9. The standard InChI is InChI=1S/C23H27N5O4S/c1-17-7-8-19(33(30,31)27-11-13-32-14-12-27)15-20(17)23(29)26-9-4-5-18(16-26)22-25-24-21-6-2-3-10-28(21)22/h2-3,6-8,10,15,18H,4-5,9,11-14,16H2,1H3. The number of morpholine rings is 1. The number of aromatic nitrogens is 3. The van der Waals surface area contributed by atoms with Crippen molar-refractivity contribution in [3.05, 3.63) is 59.5 Å². The molecule has 0 radical (unpaired) electrons. The summed E-state index contributed by atoms with van der Waals surface area (Å²) in [4.78, 5) is 15.5. The van der Waals surface area contributed by atoms with Crippen molar-refractivity contribution in [3.8, 4) is 0 Å². The summed E-state index contributed by atoms with van der Waals surface area (Å²) in [6.45, 7) is 4.39. The van der Waals surface area contributed by atoms with Crippen molar-refractivity contribution in [2.24, 2.45) is 0 Å². The Bertz CT molecular complexity index is 1280. The summed E-state index contributed by atoms with van der Waals surface area (Å²) in [6.07, 6.45) is 3.71. The molecule has 0 saturated carbocycles. The highest BCUT2D eigenvalue weighted by molar-refractivity contribution is 7.89. The molecule has 0 aliphatic carbocycles. The van der Waals surface area contributed by atoms with Crippen molar-refractivity contribution in [1.29, 1.82) is 0 Å². The molecule has 1 unspecified atom stereocenters. The third kappa shape index (κ3) is 4.14. The van der Waals surface area contributed by atoms with Crippen LogP contribution in [-0.2, 0) is 14.8 Å². The van der Waals surface area contributed by atoms with Crippen LogP contribution >= 0.6 is 0 Å². The molecular weight excluding hydrogens is 442 g/mol. The highest BCUT2D eigenvalue weighted by atomic mass is 32.2. The van der Waals surface area contributed by atoms with Gasteiger partial charge in [-0.2, -0.15) is 4.31 Å². The highest BCUT2D eigenvalue weighted by Gasteiger charge is 2.31. The second-order valence-corrected chi connectivity index (χ2v) is 10.5. The van der Waals surface area contributed by atoms with Gasteiger partial charge in [0.05, 0.1) is 18.1 Å². The van der Waals surface area contributed by atoms with Gasteiger partial charge in [-0.25, -0.2) is 8.42 Å². The van der Waals surface area contributed by atoms with Crippen LogP contribution in [0.2, 0.25) is 0 Å². The number of aryl methyl sites for hydroxylation is 1. The van der Waals surface area contributed by atoms with Crippen LogP contribution in [0.15, 0.2) is 47.5 Å². The Morgan fingerprint density at radius 1 is 1.09 bits per heavy atom. The molecule has 10 heteroatoms. The summed E-state index contributed by atoms with van der Waals surface area (Å²) in [5.41, 5.74) is 1.97. The summed E-state index contributed by atoms with van der Waals surface area (Å²) in [5.74, 6) is 0.772. The number of nitrogens with zero attached hydrogens (tertiary/aromatic N) is 5. The van der Waals surface area contributed by atoms with Crippen LogP contribution in [0, 0.1) is 6.92 Å². The number of carbonyl (C=O) groups is 1. The van der Waals surface area contributed by atoms with Crippen LogP contribution < -0.4 is 0 Å². The lowest BCUT2D eigenvalue weighted by Gasteiger charge is -2.32. The molecule has 2 aromatic heterocycles. The number of rotatable bonds is 4. The topological polar surface area (TPSA) is 97.1 Å². The molecule has 9 nitrogen and oxygen atoms in total. The highest BCUT2D eigenvalue weighted by Crippen LogP contribution is 2.28. The Kier molecular flexibility index (Phi) is 5.90. The number of likely N-dealkylation sites (tertiary alicyclic amines) is 1. The lowest BCUT2D eigenvalue weighted by molar-refractivity contribution is 0.0702. The molecule has 2 aliphatic rings. The van der Waals surface area contributed by atoms with Crippen LogP contribution in [-0.4, -0.2) is 77.5 Å². The molecule has 4 heterocycles. The van der Waals surface area contributed by atoms with E-state index in [1.165, 1.54) is 10.4 Å². The van der Waals surface area contributed by atoms with Gasteiger partial charge < -0.3 is 9.64 Å². The Labute approximate surface area is 193 Å². The zero-order valence-electron chi connectivity index (χ0n) is 18.6. The van der Waals surface area contributed by atoms with Crippen LogP contribution in [0.1, 0.15) is 40.5 Å². The van der Waals surface area contributed by atoms with Crippen molar-refractivity contribution in [2.45, 2.75) is 30.6 Å². The first-order valence-electron chi connectivity index (χ1n) is 11.2. The molecule has 3 aromatic rings. The SMILES string of the molecule is Cc1ccc(S(=O)(=O)N2CCOCC2)cc1C(=O)N1CCCC(c2nnc3ccccn23)C1. The van der Waals surface area contributed by atoms with E-state index in [0.29, 0.717) is 45.0 Å². The van der Waals surface area contributed by atoms with Crippen LogP contribution in [0.5, 0.6) is 0 Å². The van der Waals surface area contributed by atoms with E-state index in [0.717, 1.165) is 29.9 Å². The van der Waals surface area contributed by atoms with Crippen LogP contribution in [0.4, 0.5) is 0 Å². The summed E-state index contributed by atoms with van der Waals surface area (Å²) in [5, 5.41) is 8.63. The normalized spacial score (nSPS) is 20.3. The molecule has 33 heavy (non-hydrogen) atoms. The first kappa shape index (κ1) is 22.0. The summed E-state index contributed by atoms with van der Waals surface area (Å²) >= 11 is 0. The van der Waals surface area contributed by atoms with E-state index in [9.17, 15) is 13.2 Å². The maximum atomic E-state index is 13.5. The molecule has 174 valence electrons. The maximum Gasteiger partial charge on any atom is 0.254 e. The van der Waals surface area contributed by atoms with Gasteiger partial charge in [0.2, 0.25) is 10.0 Å². The summed E-state index contributed by atoms with van der Waals surface area (Å²) in [7, 11) is -3.68. The Balaban J connectivity index is 1.40. The fourth-order valence-electron chi connectivity index (χ4n) is 4.61. The number of fused-ring (bicyclic) bond motifs is 1. The third-order valence-corrected chi connectivity index (χ3v) is 8.36. The maximum absolute atomic E-state index is 13.5. The zero-order chi connectivity index (χ0) is 23.0. The molecule has 2 saturated heterocycles. The van der Waals surface area contributed by atoms with Gasteiger partial charge in [0.25, 0.3) is 5.91 Å². The number of hydrogen-bond acceptors (Lipinski definition) is 6. The van der Waals surface area contributed by atoms with Gasteiger partial charge in [0.1, 0.15) is 5.82 Å². The van der Waals surface area contributed by atoms with Crippen molar-refractivity contribution in [2.75, 3.05) is 39.4 Å². The molecule has 0 bridgehead atoms. The Morgan fingerprint density at radius 2 is 1.91 bits per heavy atom. The fraction of sp³-hybridized carbons (Fsp3) is 0.435. The van der Waals surface area contributed by atoms with Crippen molar-refractivity contribution >= 4 is 21.6 Å². The molecule has 2 aliphatic heterocycles. The minimum Gasteiger partial charge on any atom is -0.379 e. The van der Waals surface area contributed by atoms with Gasteiger partial charge in [-0.15, -0.1) is 10.2 Å². The number of ether oxygens (including phenoxy) is 1. The smallest absolute Gasteiger partial charge is 0.254 e. The van der Waals surface area contributed by atoms with Crippen molar-refractivity contribution < 1.29 is 17.9 Å². The predicted molar refractivity (Wildman–Crippen MR) is 122 cm³/mol. The second-order valence-electron chi connectivity index (χ2n) is 8.57. The molecule has 2 fully saturated rings. The van der Waals surface area contributed by atoms with E-state index in [-0.39, 0.29) is 16.7 Å². The van der Waals surface area contributed by atoms with E-state index in [1.54, 1.807) is 12.1 Å². The van der Waals surface area contributed by atoms with E-state index in [4.69, 9.17) is 4.74 Å². The lowest BCUT2D eigenvalue weighted by Crippen LogP contribution is -2.41. The van der Waals surface area contributed by atoms with Gasteiger partial charge in [-0.3, -0.25) is 9.20 Å². The molecule has 1 amide bonds. The van der Waals surface area contributed by atoms with Gasteiger partial charge in [0.15, 0.2) is 5.65 Å². The van der Waals surface area contributed by atoms with Crippen LogP contribution in [0.25, 0.3) is 5.65 Å². The number of sulfonamides is 1. The monoisotopic (exact) mass is 469 g/mol. The number of benzene rings is 1. The van der Waals surface area contributed by atoms with Crippen molar-refractivity contribution in [1.82, 2.24) is 23.8 Å². The van der Waals surface area contributed by atoms with Crippen LogP contribution in [0.3, 0.4) is 0 Å². The average Bonchev–Trinajstić information content (AvgIpc) is 3.29. The number of piperidine rings is 1. The molecular formula is C23H27N5O4S. The summed E-state index contributed by atoms with van der Waals surface area (Å²) in [6, 6.07) is 10.6. The lowest BCUT2D eigenvalue weighted by atomic mass is 9.96. The van der Waals surface area contributed by atoms with Gasteiger partial charge in [-0.1, -0.05) is 12.1 Å². The first-order valence-corrected chi connectivity index (χ1v) is 12.7. The van der Waals surface area contributed by atoms with E-state index in [2.05, 4.69) is 10.2 Å². The third-order valence-electron chi connectivity index (χ3n) is 6.46. The van der Waals surface area contributed by atoms with E-state index < -0.39 is 10.0 Å². The molecule has 1 atom stereocenters. The number of amides is 1.